The fraction of sp³-hybridized carbons (Fsp3) is 0.360. The fourth-order valence-electron chi connectivity index (χ4n) is 4.07. The van der Waals surface area contributed by atoms with Crippen LogP contribution < -0.4 is 4.74 Å². The lowest BCUT2D eigenvalue weighted by Gasteiger charge is -2.32. The van der Waals surface area contributed by atoms with Crippen LogP contribution in [0, 0.1) is 24.5 Å². The van der Waals surface area contributed by atoms with Gasteiger partial charge in [0.25, 0.3) is 5.91 Å². The van der Waals surface area contributed by atoms with E-state index in [1.54, 1.807) is 12.1 Å². The average Bonchev–Trinajstić information content (AvgIpc) is 3.14. The van der Waals surface area contributed by atoms with Crippen LogP contribution in [-0.4, -0.2) is 40.1 Å². The van der Waals surface area contributed by atoms with E-state index in [4.69, 9.17) is 4.74 Å². The Morgan fingerprint density at radius 1 is 1.03 bits per heavy atom. The Balaban J connectivity index is 1.28. The molecule has 0 spiro atoms. The van der Waals surface area contributed by atoms with E-state index < -0.39 is 0 Å². The van der Waals surface area contributed by atoms with Crippen molar-refractivity contribution in [3.63, 3.8) is 0 Å². The van der Waals surface area contributed by atoms with Crippen molar-refractivity contribution >= 4 is 5.91 Å². The number of piperidine rings is 1. The van der Waals surface area contributed by atoms with Crippen molar-refractivity contribution in [1.82, 2.24) is 14.5 Å². The number of carbonyl (C=O) groups is 1. The molecule has 5 nitrogen and oxygen atoms in total. The minimum Gasteiger partial charge on any atom is -0.484 e. The predicted molar refractivity (Wildman–Crippen MR) is 117 cm³/mol. The lowest BCUT2D eigenvalue weighted by molar-refractivity contribution is -0.134. The second kappa shape index (κ2) is 9.94. The van der Waals surface area contributed by atoms with E-state index in [2.05, 4.69) is 9.55 Å². The first-order valence-corrected chi connectivity index (χ1v) is 10.9. The van der Waals surface area contributed by atoms with E-state index in [0.717, 1.165) is 36.3 Å². The molecule has 1 saturated heterocycles. The highest BCUT2D eigenvalue weighted by molar-refractivity contribution is 5.77. The van der Waals surface area contributed by atoms with Crippen LogP contribution in [0.1, 0.15) is 29.9 Å². The summed E-state index contributed by atoms with van der Waals surface area (Å²) in [6.45, 7) is 4.03. The molecule has 32 heavy (non-hydrogen) atoms. The SMILES string of the molecule is Cc1cnc(CC2CCN(C(=O)COc3ccc(F)cc3)CC2)n1Cc1ccc(F)cc1. The first-order chi connectivity index (χ1) is 15.5. The Hall–Kier alpha value is -3.22. The number of aromatic nitrogens is 2. The highest BCUT2D eigenvalue weighted by atomic mass is 19.1. The lowest BCUT2D eigenvalue weighted by atomic mass is 9.93. The second-order valence-corrected chi connectivity index (χ2v) is 8.30. The summed E-state index contributed by atoms with van der Waals surface area (Å²) < 4.78 is 33.8. The van der Waals surface area contributed by atoms with Gasteiger partial charge in [-0.1, -0.05) is 12.1 Å². The first-order valence-electron chi connectivity index (χ1n) is 10.9. The summed E-state index contributed by atoms with van der Waals surface area (Å²) in [7, 11) is 0. The summed E-state index contributed by atoms with van der Waals surface area (Å²) in [4.78, 5) is 18.9. The molecule has 1 amide bonds. The largest absolute Gasteiger partial charge is 0.484 e. The normalized spacial score (nSPS) is 14.5. The number of benzene rings is 2. The number of ether oxygens (including phenoxy) is 1. The zero-order valence-corrected chi connectivity index (χ0v) is 18.1. The van der Waals surface area contributed by atoms with Crippen molar-refractivity contribution in [2.75, 3.05) is 19.7 Å². The summed E-state index contributed by atoms with van der Waals surface area (Å²) in [5.74, 6) is 1.33. The molecule has 1 fully saturated rings. The highest BCUT2D eigenvalue weighted by Crippen LogP contribution is 2.23. The van der Waals surface area contributed by atoms with E-state index in [1.165, 1.54) is 36.4 Å². The van der Waals surface area contributed by atoms with Crippen LogP contribution in [0.15, 0.2) is 54.7 Å². The number of rotatable bonds is 7. The van der Waals surface area contributed by atoms with Gasteiger partial charge in [-0.3, -0.25) is 4.79 Å². The number of aryl methyl sites for hydroxylation is 1. The third kappa shape index (κ3) is 5.52. The molecule has 1 aromatic heterocycles. The number of imidazole rings is 1. The number of amides is 1. The van der Waals surface area contributed by atoms with E-state index in [0.29, 0.717) is 31.3 Å². The summed E-state index contributed by atoms with van der Waals surface area (Å²) in [5.41, 5.74) is 2.12. The maximum absolute atomic E-state index is 13.2. The number of hydrogen-bond acceptors (Lipinski definition) is 3. The van der Waals surface area contributed by atoms with Crippen molar-refractivity contribution in [3.8, 4) is 5.75 Å². The Kier molecular flexibility index (Phi) is 6.83. The summed E-state index contributed by atoms with van der Waals surface area (Å²) in [6, 6.07) is 12.2. The van der Waals surface area contributed by atoms with Crippen LogP contribution in [0.5, 0.6) is 5.75 Å². The monoisotopic (exact) mass is 439 g/mol. The van der Waals surface area contributed by atoms with Gasteiger partial charge >= 0.3 is 0 Å². The molecule has 4 rings (SSSR count). The molecule has 1 aliphatic heterocycles. The Morgan fingerprint density at radius 3 is 2.31 bits per heavy atom. The lowest BCUT2D eigenvalue weighted by Crippen LogP contribution is -2.41. The topological polar surface area (TPSA) is 47.4 Å². The number of halogens is 2. The molecule has 0 radical (unpaired) electrons. The van der Waals surface area contributed by atoms with Gasteiger partial charge in [-0.05, 0) is 67.6 Å². The van der Waals surface area contributed by atoms with Gasteiger partial charge in [0.05, 0.1) is 0 Å². The van der Waals surface area contributed by atoms with Crippen LogP contribution in [-0.2, 0) is 17.8 Å². The minimum absolute atomic E-state index is 0.0441. The van der Waals surface area contributed by atoms with E-state index in [-0.39, 0.29) is 24.1 Å². The number of likely N-dealkylation sites (tertiary alicyclic amines) is 1. The molecular formula is C25H27F2N3O2. The third-order valence-electron chi connectivity index (χ3n) is 6.01. The van der Waals surface area contributed by atoms with Crippen LogP contribution in [0.4, 0.5) is 8.78 Å². The van der Waals surface area contributed by atoms with Crippen molar-refractivity contribution in [2.24, 2.45) is 5.92 Å². The first kappa shape index (κ1) is 22.0. The zero-order valence-electron chi connectivity index (χ0n) is 18.1. The van der Waals surface area contributed by atoms with Gasteiger partial charge in [-0.15, -0.1) is 0 Å². The molecular weight excluding hydrogens is 412 g/mol. The molecule has 3 aromatic rings. The maximum Gasteiger partial charge on any atom is 0.260 e. The molecule has 2 heterocycles. The zero-order chi connectivity index (χ0) is 22.5. The smallest absolute Gasteiger partial charge is 0.260 e. The third-order valence-corrected chi connectivity index (χ3v) is 6.01. The molecule has 168 valence electrons. The molecule has 0 aliphatic carbocycles. The van der Waals surface area contributed by atoms with Gasteiger partial charge in [-0.2, -0.15) is 0 Å². The molecule has 0 bridgehead atoms. The molecule has 0 unspecified atom stereocenters. The van der Waals surface area contributed by atoms with Crippen LogP contribution in [0.3, 0.4) is 0 Å². The molecule has 1 aliphatic rings. The van der Waals surface area contributed by atoms with Gasteiger partial charge in [0.2, 0.25) is 0 Å². The van der Waals surface area contributed by atoms with Gasteiger partial charge < -0.3 is 14.2 Å². The fourth-order valence-corrected chi connectivity index (χ4v) is 4.07. The molecule has 0 atom stereocenters. The Morgan fingerprint density at radius 2 is 1.66 bits per heavy atom. The van der Waals surface area contributed by atoms with E-state index >= 15 is 0 Å². The maximum atomic E-state index is 13.2. The van der Waals surface area contributed by atoms with Crippen LogP contribution in [0.25, 0.3) is 0 Å². The van der Waals surface area contributed by atoms with Gasteiger partial charge in [0.15, 0.2) is 6.61 Å². The van der Waals surface area contributed by atoms with Crippen molar-refractivity contribution in [3.05, 3.63) is 83.4 Å². The molecule has 2 aromatic carbocycles. The minimum atomic E-state index is -0.334. The average molecular weight is 440 g/mol. The standard InChI is InChI=1S/C25H27F2N3O2/c1-18-15-28-24(30(18)16-20-2-4-21(26)5-3-20)14-19-10-12-29(13-11-19)25(31)17-32-23-8-6-22(27)7-9-23/h2-9,15,19H,10-14,16-17H2,1H3. The van der Waals surface area contributed by atoms with E-state index in [1.807, 2.05) is 18.0 Å². The molecule has 7 heteroatoms. The van der Waals surface area contributed by atoms with Crippen molar-refractivity contribution < 1.29 is 18.3 Å². The summed E-state index contributed by atoms with van der Waals surface area (Å²) in [5, 5.41) is 0. The second-order valence-electron chi connectivity index (χ2n) is 8.30. The summed E-state index contributed by atoms with van der Waals surface area (Å²) >= 11 is 0. The van der Waals surface area contributed by atoms with Crippen LogP contribution >= 0.6 is 0 Å². The van der Waals surface area contributed by atoms with Gasteiger partial charge in [0.1, 0.15) is 23.2 Å². The van der Waals surface area contributed by atoms with E-state index in [9.17, 15) is 13.6 Å². The summed E-state index contributed by atoms with van der Waals surface area (Å²) in [6.07, 6.45) is 4.54. The van der Waals surface area contributed by atoms with Crippen molar-refractivity contribution in [2.45, 2.75) is 32.7 Å². The molecule has 0 N–H and O–H groups in total. The van der Waals surface area contributed by atoms with Gasteiger partial charge in [0, 0.05) is 37.9 Å². The van der Waals surface area contributed by atoms with Crippen molar-refractivity contribution in [1.29, 1.82) is 0 Å². The highest BCUT2D eigenvalue weighted by Gasteiger charge is 2.24. The van der Waals surface area contributed by atoms with Crippen LogP contribution in [0.2, 0.25) is 0 Å². The van der Waals surface area contributed by atoms with Gasteiger partial charge in [-0.25, -0.2) is 13.8 Å². The number of nitrogens with zero attached hydrogens (tertiary/aromatic N) is 3. The molecule has 0 saturated carbocycles. The predicted octanol–water partition coefficient (Wildman–Crippen LogP) is 4.38. The Bertz CT molecular complexity index is 1040. The number of hydrogen-bond donors (Lipinski definition) is 0. The Labute approximate surface area is 186 Å². The number of carbonyl (C=O) groups excluding carboxylic acids is 1. The quantitative estimate of drug-likeness (QED) is 0.549.